The van der Waals surface area contributed by atoms with Crippen LogP contribution in [0.5, 0.6) is 0 Å². The second-order valence-corrected chi connectivity index (χ2v) is 10.4. The Bertz CT molecular complexity index is 412. The molecule has 2 atom stereocenters. The Hall–Kier alpha value is -0.163. The Balaban J connectivity index is 2.72. The molecule has 21 heavy (non-hydrogen) atoms. The number of aryl methyl sites for hydroxylation is 1. The first kappa shape index (κ1) is 18.9. The van der Waals surface area contributed by atoms with Gasteiger partial charge in [-0.1, -0.05) is 48.8 Å². The van der Waals surface area contributed by atoms with Crippen LogP contribution in [-0.2, 0) is 10.8 Å². The number of halogens is 1. The second-order valence-electron chi connectivity index (χ2n) is 7.08. The van der Waals surface area contributed by atoms with Gasteiger partial charge in [0.2, 0.25) is 0 Å². The molecule has 1 rings (SSSR count). The SMILES string of the molecule is C[SiH](C)OC([C@@H](CO)CCc1ccc(Br)cc1)C(C)(C)C. The largest absolute Gasteiger partial charge is 0.417 e. The fourth-order valence-corrected chi connectivity index (χ4v) is 4.14. The third-order valence-corrected chi connectivity index (χ3v) is 5.02. The quantitative estimate of drug-likeness (QED) is 0.718. The zero-order valence-corrected chi connectivity index (χ0v) is 16.6. The van der Waals surface area contributed by atoms with E-state index in [0.29, 0.717) is 0 Å². The van der Waals surface area contributed by atoms with Gasteiger partial charge < -0.3 is 9.53 Å². The zero-order valence-electron chi connectivity index (χ0n) is 13.9. The molecule has 0 aliphatic rings. The highest BCUT2D eigenvalue weighted by atomic mass is 79.9. The maximum atomic E-state index is 9.82. The van der Waals surface area contributed by atoms with Crippen LogP contribution in [0.25, 0.3) is 0 Å². The number of benzene rings is 1. The van der Waals surface area contributed by atoms with Crippen LogP contribution in [0.1, 0.15) is 32.8 Å². The molecule has 0 saturated heterocycles. The van der Waals surface area contributed by atoms with E-state index < -0.39 is 9.04 Å². The van der Waals surface area contributed by atoms with Gasteiger partial charge in [0.15, 0.2) is 9.04 Å². The smallest absolute Gasteiger partial charge is 0.171 e. The number of aliphatic hydroxyl groups is 1. The van der Waals surface area contributed by atoms with Gasteiger partial charge in [-0.2, -0.15) is 0 Å². The van der Waals surface area contributed by atoms with E-state index >= 15 is 0 Å². The molecular weight excluding hydrogens is 344 g/mol. The molecule has 120 valence electrons. The summed E-state index contributed by atoms with van der Waals surface area (Å²) < 4.78 is 7.35. The van der Waals surface area contributed by atoms with Crippen molar-refractivity contribution < 1.29 is 9.53 Å². The molecule has 1 aromatic rings. The van der Waals surface area contributed by atoms with Gasteiger partial charge in [-0.05, 0) is 49.0 Å². The molecule has 1 unspecified atom stereocenters. The van der Waals surface area contributed by atoms with Crippen molar-refractivity contribution in [2.75, 3.05) is 6.61 Å². The molecule has 0 amide bonds. The van der Waals surface area contributed by atoms with Gasteiger partial charge in [0, 0.05) is 17.0 Å². The first-order valence-electron chi connectivity index (χ1n) is 7.74. The molecule has 0 aliphatic carbocycles. The van der Waals surface area contributed by atoms with E-state index in [4.69, 9.17) is 4.43 Å². The Labute approximate surface area is 139 Å². The third-order valence-electron chi connectivity index (χ3n) is 3.65. The predicted molar refractivity (Wildman–Crippen MR) is 96.2 cm³/mol. The van der Waals surface area contributed by atoms with Crippen LogP contribution in [0, 0.1) is 11.3 Å². The van der Waals surface area contributed by atoms with Gasteiger partial charge in [-0.3, -0.25) is 0 Å². The molecule has 0 fully saturated rings. The molecule has 0 spiro atoms. The molecular formula is C17H29BrO2Si. The van der Waals surface area contributed by atoms with Crippen molar-refractivity contribution >= 4 is 25.0 Å². The lowest BCUT2D eigenvalue weighted by molar-refractivity contribution is 0.00499. The van der Waals surface area contributed by atoms with Crippen molar-refractivity contribution in [3.8, 4) is 0 Å². The minimum absolute atomic E-state index is 0.0599. The monoisotopic (exact) mass is 372 g/mol. The number of hydrogen-bond acceptors (Lipinski definition) is 2. The minimum Gasteiger partial charge on any atom is -0.417 e. The van der Waals surface area contributed by atoms with Crippen molar-refractivity contribution in [1.82, 2.24) is 0 Å². The standard InChI is InChI=1S/C17H29BrO2Si/c1-17(2,3)16(20-21(4)5)14(12-19)9-6-13-7-10-15(18)11-8-13/h7-8,10-11,14,16,19,21H,6,9,12H2,1-5H3/t14-,16?/m1/s1. The van der Waals surface area contributed by atoms with Crippen molar-refractivity contribution in [2.24, 2.45) is 11.3 Å². The molecule has 0 aromatic heterocycles. The van der Waals surface area contributed by atoms with E-state index in [1.165, 1.54) is 5.56 Å². The molecule has 0 saturated carbocycles. The van der Waals surface area contributed by atoms with Crippen LogP contribution in [0.15, 0.2) is 28.7 Å². The third kappa shape index (κ3) is 6.64. The summed E-state index contributed by atoms with van der Waals surface area (Å²) in [5, 5.41) is 9.82. The summed E-state index contributed by atoms with van der Waals surface area (Å²) in [7, 11) is -1.12. The van der Waals surface area contributed by atoms with Crippen molar-refractivity contribution in [3.63, 3.8) is 0 Å². The highest BCUT2D eigenvalue weighted by Gasteiger charge is 2.33. The molecule has 4 heteroatoms. The summed E-state index contributed by atoms with van der Waals surface area (Å²) >= 11 is 3.46. The molecule has 0 radical (unpaired) electrons. The summed E-state index contributed by atoms with van der Waals surface area (Å²) in [5.74, 6) is 0.198. The first-order valence-corrected chi connectivity index (χ1v) is 11.3. The van der Waals surface area contributed by atoms with Gasteiger partial charge in [-0.15, -0.1) is 0 Å². The summed E-state index contributed by atoms with van der Waals surface area (Å²) in [6, 6.07) is 8.43. The second kappa shape index (κ2) is 8.46. The van der Waals surface area contributed by atoms with E-state index in [0.717, 1.165) is 17.3 Å². The summed E-state index contributed by atoms with van der Waals surface area (Å²) in [6.45, 7) is 11.2. The van der Waals surface area contributed by atoms with Gasteiger partial charge in [0.05, 0.1) is 6.10 Å². The van der Waals surface area contributed by atoms with Crippen LogP contribution in [0.4, 0.5) is 0 Å². The molecule has 0 heterocycles. The van der Waals surface area contributed by atoms with Crippen LogP contribution >= 0.6 is 15.9 Å². The lowest BCUT2D eigenvalue weighted by Crippen LogP contribution is -2.41. The summed E-state index contributed by atoms with van der Waals surface area (Å²) in [4.78, 5) is 0. The Kier molecular flexibility index (Phi) is 7.61. The maximum absolute atomic E-state index is 9.82. The lowest BCUT2D eigenvalue weighted by atomic mass is 9.79. The van der Waals surface area contributed by atoms with E-state index in [1.54, 1.807) is 0 Å². The Morgan fingerprint density at radius 2 is 1.76 bits per heavy atom. The van der Waals surface area contributed by atoms with E-state index in [1.807, 2.05) is 0 Å². The number of aliphatic hydroxyl groups excluding tert-OH is 1. The van der Waals surface area contributed by atoms with Crippen LogP contribution in [-0.4, -0.2) is 26.9 Å². The molecule has 1 N–H and O–H groups in total. The van der Waals surface area contributed by atoms with Crippen molar-refractivity contribution in [3.05, 3.63) is 34.3 Å². The summed E-state index contributed by atoms with van der Waals surface area (Å²) in [5.41, 5.74) is 1.37. The normalized spacial score (nSPS) is 15.2. The van der Waals surface area contributed by atoms with E-state index in [-0.39, 0.29) is 24.0 Å². The molecule has 2 nitrogen and oxygen atoms in total. The maximum Gasteiger partial charge on any atom is 0.171 e. The highest BCUT2D eigenvalue weighted by molar-refractivity contribution is 9.10. The highest BCUT2D eigenvalue weighted by Crippen LogP contribution is 2.31. The fourth-order valence-electron chi connectivity index (χ4n) is 2.66. The molecule has 1 aromatic carbocycles. The summed E-state index contributed by atoms with van der Waals surface area (Å²) in [6.07, 6.45) is 2.07. The predicted octanol–water partition coefficient (Wildman–Crippen LogP) is 4.40. The average molecular weight is 373 g/mol. The van der Waals surface area contributed by atoms with Gasteiger partial charge in [-0.25, -0.2) is 0 Å². The molecule has 0 bridgehead atoms. The zero-order chi connectivity index (χ0) is 16.0. The Morgan fingerprint density at radius 1 is 1.19 bits per heavy atom. The molecule has 0 aliphatic heterocycles. The van der Waals surface area contributed by atoms with E-state index in [2.05, 4.69) is 74.1 Å². The van der Waals surface area contributed by atoms with Crippen LogP contribution < -0.4 is 0 Å². The van der Waals surface area contributed by atoms with Gasteiger partial charge in [0.1, 0.15) is 0 Å². The van der Waals surface area contributed by atoms with Crippen molar-refractivity contribution in [1.29, 1.82) is 0 Å². The van der Waals surface area contributed by atoms with Crippen LogP contribution in [0.2, 0.25) is 13.1 Å². The van der Waals surface area contributed by atoms with Gasteiger partial charge in [0.25, 0.3) is 0 Å². The number of hydrogen-bond donors (Lipinski definition) is 1. The van der Waals surface area contributed by atoms with Gasteiger partial charge >= 0.3 is 0 Å². The Morgan fingerprint density at radius 3 is 2.19 bits per heavy atom. The topological polar surface area (TPSA) is 29.5 Å². The minimum atomic E-state index is -1.12. The van der Waals surface area contributed by atoms with Crippen LogP contribution in [0.3, 0.4) is 0 Å². The fraction of sp³-hybridized carbons (Fsp3) is 0.647. The lowest BCUT2D eigenvalue weighted by Gasteiger charge is -2.38. The van der Waals surface area contributed by atoms with Crippen molar-refractivity contribution in [2.45, 2.75) is 52.8 Å². The van der Waals surface area contributed by atoms with E-state index in [9.17, 15) is 5.11 Å². The average Bonchev–Trinajstić information content (AvgIpc) is 2.38. The first-order chi connectivity index (χ1) is 9.74. The number of rotatable bonds is 7.